The molecule has 4 rings (SSSR count). The van der Waals surface area contributed by atoms with Crippen LogP contribution in [0.2, 0.25) is 0 Å². The highest BCUT2D eigenvalue weighted by molar-refractivity contribution is 8.26. The summed E-state index contributed by atoms with van der Waals surface area (Å²) in [6.07, 6.45) is 1.65. The van der Waals surface area contributed by atoms with Gasteiger partial charge in [-0.15, -0.1) is 0 Å². The first-order chi connectivity index (χ1) is 17.7. The lowest BCUT2D eigenvalue weighted by Crippen LogP contribution is -2.48. The molecule has 0 unspecified atom stereocenters. The van der Waals surface area contributed by atoms with Gasteiger partial charge in [-0.1, -0.05) is 54.3 Å². The van der Waals surface area contributed by atoms with Gasteiger partial charge in [0.25, 0.3) is 11.5 Å². The molecular formula is C26H27N5O4S2. The predicted octanol–water partition coefficient (Wildman–Crippen LogP) is 2.66. The van der Waals surface area contributed by atoms with Crippen LogP contribution in [0.3, 0.4) is 0 Å². The number of nitrogens with zero attached hydrogens (tertiary/aromatic N) is 5. The van der Waals surface area contributed by atoms with E-state index in [1.54, 1.807) is 17.6 Å². The third-order valence-electron chi connectivity index (χ3n) is 6.53. The Hall–Kier alpha value is -3.46. The Balaban J connectivity index is 1.71. The summed E-state index contributed by atoms with van der Waals surface area (Å²) in [6, 6.07) is 12.3. The van der Waals surface area contributed by atoms with Crippen molar-refractivity contribution in [2.75, 3.05) is 37.6 Å². The first-order valence-corrected chi connectivity index (χ1v) is 13.1. The summed E-state index contributed by atoms with van der Waals surface area (Å²) in [4.78, 5) is 43.2. The quantitative estimate of drug-likeness (QED) is 0.421. The zero-order valence-corrected chi connectivity index (χ0v) is 22.3. The lowest BCUT2D eigenvalue weighted by molar-refractivity contribution is -0.140. The molecule has 1 amide bonds. The van der Waals surface area contributed by atoms with Crippen LogP contribution in [0, 0.1) is 18.3 Å². The van der Waals surface area contributed by atoms with Crippen molar-refractivity contribution in [3.05, 3.63) is 67.8 Å². The van der Waals surface area contributed by atoms with E-state index in [-0.39, 0.29) is 20.3 Å². The van der Waals surface area contributed by atoms with Crippen molar-refractivity contribution in [2.45, 2.75) is 26.9 Å². The SMILES string of the molecule is CCn1c(N2CCN(Cc3ccccc3)CC2)c(/C=C2/SC(=S)N(CC(=O)O)C2=O)c(C)c(C#N)c1=O. The number of hydrogen-bond acceptors (Lipinski definition) is 8. The molecule has 37 heavy (non-hydrogen) atoms. The van der Waals surface area contributed by atoms with Crippen LogP contribution in [0.25, 0.3) is 6.08 Å². The molecule has 0 bridgehead atoms. The zero-order chi connectivity index (χ0) is 26.7. The number of amides is 1. The summed E-state index contributed by atoms with van der Waals surface area (Å²) in [5.41, 5.74) is 1.99. The van der Waals surface area contributed by atoms with Crippen molar-refractivity contribution >= 4 is 52.1 Å². The molecule has 0 radical (unpaired) electrons. The van der Waals surface area contributed by atoms with E-state index < -0.39 is 18.4 Å². The molecule has 3 heterocycles. The second kappa shape index (κ2) is 11.3. The molecule has 11 heteroatoms. The molecule has 0 aliphatic carbocycles. The third kappa shape index (κ3) is 5.46. The van der Waals surface area contributed by atoms with Gasteiger partial charge in [0.15, 0.2) is 0 Å². The molecule has 0 saturated carbocycles. The maximum atomic E-state index is 13.2. The molecule has 0 spiro atoms. The molecule has 1 aromatic heterocycles. The number of carboxylic acid groups (broad SMARTS) is 1. The number of anilines is 1. The molecule has 192 valence electrons. The van der Waals surface area contributed by atoms with Gasteiger partial charge in [-0.3, -0.25) is 28.8 Å². The number of thiocarbonyl (C=S) groups is 1. The maximum absolute atomic E-state index is 13.2. The van der Waals surface area contributed by atoms with E-state index in [4.69, 9.17) is 17.3 Å². The summed E-state index contributed by atoms with van der Waals surface area (Å²) in [6.45, 7) is 7.13. The smallest absolute Gasteiger partial charge is 0.323 e. The van der Waals surface area contributed by atoms with Crippen molar-refractivity contribution in [1.82, 2.24) is 14.4 Å². The van der Waals surface area contributed by atoms with Crippen LogP contribution in [-0.2, 0) is 22.7 Å². The molecule has 9 nitrogen and oxygen atoms in total. The molecule has 2 fully saturated rings. The van der Waals surface area contributed by atoms with Crippen LogP contribution in [0.15, 0.2) is 40.0 Å². The third-order valence-corrected chi connectivity index (χ3v) is 7.90. The second-order valence-electron chi connectivity index (χ2n) is 8.81. The van der Waals surface area contributed by atoms with Gasteiger partial charge >= 0.3 is 5.97 Å². The Morgan fingerprint density at radius 2 is 1.86 bits per heavy atom. The minimum atomic E-state index is -1.16. The second-order valence-corrected chi connectivity index (χ2v) is 10.5. The highest BCUT2D eigenvalue weighted by Crippen LogP contribution is 2.36. The van der Waals surface area contributed by atoms with E-state index in [0.29, 0.717) is 36.6 Å². The number of rotatable bonds is 7. The molecule has 1 aromatic carbocycles. The normalized spacial score (nSPS) is 17.5. The summed E-state index contributed by atoms with van der Waals surface area (Å²) >= 11 is 6.27. The molecule has 2 aliphatic rings. The van der Waals surface area contributed by atoms with Crippen molar-refractivity contribution in [1.29, 1.82) is 5.26 Å². The van der Waals surface area contributed by atoms with Crippen molar-refractivity contribution < 1.29 is 14.7 Å². The average molecular weight is 538 g/mol. The lowest BCUT2D eigenvalue weighted by atomic mass is 10.0. The van der Waals surface area contributed by atoms with Gasteiger partial charge in [0.05, 0.1) is 4.91 Å². The Labute approximate surface area is 224 Å². The molecular weight excluding hydrogens is 510 g/mol. The Kier molecular flexibility index (Phi) is 8.12. The minimum absolute atomic E-state index is 0.0283. The fourth-order valence-electron chi connectivity index (χ4n) is 4.64. The predicted molar refractivity (Wildman–Crippen MR) is 147 cm³/mol. The first-order valence-electron chi connectivity index (χ1n) is 11.9. The number of aliphatic carboxylic acids is 1. The number of benzene rings is 1. The van der Waals surface area contributed by atoms with E-state index in [1.165, 1.54) is 5.56 Å². The molecule has 1 N–H and O–H groups in total. The number of piperazine rings is 1. The van der Waals surface area contributed by atoms with Crippen LogP contribution in [-0.4, -0.2) is 68.4 Å². The van der Waals surface area contributed by atoms with E-state index in [2.05, 4.69) is 21.9 Å². The Morgan fingerprint density at radius 1 is 1.19 bits per heavy atom. The van der Waals surface area contributed by atoms with Crippen LogP contribution >= 0.6 is 24.0 Å². The number of pyridine rings is 1. The first kappa shape index (κ1) is 26.6. The maximum Gasteiger partial charge on any atom is 0.323 e. The molecule has 2 aliphatic heterocycles. The Morgan fingerprint density at radius 3 is 2.46 bits per heavy atom. The van der Waals surface area contributed by atoms with Crippen LogP contribution in [0.1, 0.15) is 29.2 Å². The van der Waals surface area contributed by atoms with Gasteiger partial charge in [0.2, 0.25) is 0 Å². The van der Waals surface area contributed by atoms with Crippen molar-refractivity contribution in [3.63, 3.8) is 0 Å². The van der Waals surface area contributed by atoms with Gasteiger partial charge in [0.1, 0.15) is 28.3 Å². The Bertz CT molecular complexity index is 1370. The highest BCUT2D eigenvalue weighted by Gasteiger charge is 2.34. The summed E-state index contributed by atoms with van der Waals surface area (Å²) in [5, 5.41) is 18.9. The van der Waals surface area contributed by atoms with E-state index in [9.17, 15) is 19.6 Å². The van der Waals surface area contributed by atoms with E-state index in [1.807, 2.05) is 31.2 Å². The van der Waals surface area contributed by atoms with Crippen molar-refractivity contribution in [3.8, 4) is 6.07 Å². The molecule has 2 saturated heterocycles. The number of carboxylic acids is 1. The number of nitriles is 1. The van der Waals surface area contributed by atoms with Gasteiger partial charge in [0, 0.05) is 44.8 Å². The molecule has 0 atom stereocenters. The van der Waals surface area contributed by atoms with Crippen LogP contribution < -0.4 is 10.5 Å². The van der Waals surface area contributed by atoms with Gasteiger partial charge < -0.3 is 10.0 Å². The van der Waals surface area contributed by atoms with E-state index >= 15 is 0 Å². The highest BCUT2D eigenvalue weighted by atomic mass is 32.2. The summed E-state index contributed by atoms with van der Waals surface area (Å²) < 4.78 is 1.75. The number of carbonyl (C=O) groups is 2. The number of hydrogen-bond donors (Lipinski definition) is 1. The largest absolute Gasteiger partial charge is 0.480 e. The number of thioether (sulfide) groups is 1. The van der Waals surface area contributed by atoms with Gasteiger partial charge in [-0.2, -0.15) is 5.26 Å². The summed E-state index contributed by atoms with van der Waals surface area (Å²) in [5.74, 6) is -0.996. The van der Waals surface area contributed by atoms with Crippen LogP contribution in [0.5, 0.6) is 0 Å². The van der Waals surface area contributed by atoms with Crippen LogP contribution in [0.4, 0.5) is 5.82 Å². The van der Waals surface area contributed by atoms with Gasteiger partial charge in [-0.05, 0) is 31.1 Å². The zero-order valence-electron chi connectivity index (χ0n) is 20.6. The topological polar surface area (TPSA) is 110 Å². The van der Waals surface area contributed by atoms with Gasteiger partial charge in [-0.25, -0.2) is 0 Å². The fourth-order valence-corrected chi connectivity index (χ4v) is 5.88. The minimum Gasteiger partial charge on any atom is -0.480 e. The lowest BCUT2D eigenvalue weighted by Gasteiger charge is -2.38. The standard InChI is InChI=1S/C26H27N5O4S2/c1-3-30-23(29-11-9-28(10-12-29)15-18-7-5-4-6-8-18)19(17(2)20(14-27)24(30)34)13-21-25(35)31(16-22(32)33)26(36)37-21/h4-8,13H,3,9-12,15-16H2,1-2H3,(H,32,33)/b21-13+. The summed E-state index contributed by atoms with van der Waals surface area (Å²) in [7, 11) is 0. The molecule has 2 aromatic rings. The monoisotopic (exact) mass is 537 g/mol. The number of carbonyl (C=O) groups excluding carboxylic acids is 1. The van der Waals surface area contributed by atoms with E-state index in [0.717, 1.165) is 36.3 Å². The van der Waals surface area contributed by atoms with Crippen molar-refractivity contribution in [2.24, 2.45) is 0 Å². The number of aromatic nitrogens is 1. The average Bonchev–Trinajstić information content (AvgIpc) is 3.14. The fraction of sp³-hybridized carbons (Fsp3) is 0.346.